The van der Waals surface area contributed by atoms with Gasteiger partial charge in [0.15, 0.2) is 17.5 Å². The van der Waals surface area contributed by atoms with Gasteiger partial charge in [0, 0.05) is 13.1 Å². The second kappa shape index (κ2) is 6.57. The molecule has 0 fully saturated rings. The molecule has 1 unspecified atom stereocenters. The van der Waals surface area contributed by atoms with Crippen molar-refractivity contribution >= 4 is 0 Å². The summed E-state index contributed by atoms with van der Waals surface area (Å²) < 4.78 is 38.9. The molecule has 0 aliphatic carbocycles. The molecule has 1 nitrogen and oxygen atoms in total. The van der Waals surface area contributed by atoms with E-state index in [9.17, 15) is 13.2 Å². The first kappa shape index (κ1) is 14.6. The van der Waals surface area contributed by atoms with Gasteiger partial charge in [-0.15, -0.1) is 0 Å². The van der Waals surface area contributed by atoms with Crippen LogP contribution in [0.15, 0.2) is 42.5 Å². The lowest BCUT2D eigenvalue weighted by atomic mass is 10.0. The number of halogens is 3. The Bertz CT molecular complexity index is 546. The number of nitrogens with one attached hydrogen (secondary N) is 1. The van der Waals surface area contributed by atoms with E-state index in [1.165, 1.54) is 5.56 Å². The lowest BCUT2D eigenvalue weighted by molar-refractivity contribution is 0.444. The van der Waals surface area contributed by atoms with Crippen molar-refractivity contribution in [3.63, 3.8) is 0 Å². The van der Waals surface area contributed by atoms with Gasteiger partial charge in [-0.2, -0.15) is 0 Å². The molecular weight excluding hydrogens is 263 g/mol. The first-order valence-corrected chi connectivity index (χ1v) is 6.47. The SMILES string of the molecule is CC(CNCc1cc(F)c(F)c(F)c1)c1ccccc1. The minimum atomic E-state index is -1.42. The minimum Gasteiger partial charge on any atom is -0.312 e. The van der Waals surface area contributed by atoms with Crippen LogP contribution in [0.25, 0.3) is 0 Å². The molecule has 106 valence electrons. The van der Waals surface area contributed by atoms with Crippen molar-refractivity contribution in [3.05, 3.63) is 71.0 Å². The maximum Gasteiger partial charge on any atom is 0.194 e. The zero-order chi connectivity index (χ0) is 14.5. The molecule has 0 radical (unpaired) electrons. The molecular formula is C16H16F3N. The molecule has 0 amide bonds. The third kappa shape index (κ3) is 3.61. The van der Waals surface area contributed by atoms with E-state index in [2.05, 4.69) is 12.2 Å². The Balaban J connectivity index is 1.90. The van der Waals surface area contributed by atoms with Crippen LogP contribution in [0.3, 0.4) is 0 Å². The van der Waals surface area contributed by atoms with Crippen LogP contribution >= 0.6 is 0 Å². The quantitative estimate of drug-likeness (QED) is 0.816. The van der Waals surface area contributed by atoms with Gasteiger partial charge in [0.1, 0.15) is 0 Å². The standard InChI is InChI=1S/C16H16F3N/c1-11(13-5-3-2-4-6-13)9-20-10-12-7-14(17)16(19)15(18)8-12/h2-8,11,20H,9-10H2,1H3. The molecule has 0 saturated heterocycles. The monoisotopic (exact) mass is 279 g/mol. The molecule has 20 heavy (non-hydrogen) atoms. The van der Waals surface area contributed by atoms with E-state index in [4.69, 9.17) is 0 Å². The maximum absolute atomic E-state index is 13.0. The maximum atomic E-state index is 13.0. The minimum absolute atomic E-state index is 0.284. The van der Waals surface area contributed by atoms with Crippen LogP contribution in [0, 0.1) is 17.5 Å². The van der Waals surface area contributed by atoms with Gasteiger partial charge in [-0.05, 0) is 29.2 Å². The Morgan fingerprint density at radius 3 is 2.20 bits per heavy atom. The van der Waals surface area contributed by atoms with Gasteiger partial charge in [0.05, 0.1) is 0 Å². The van der Waals surface area contributed by atoms with Gasteiger partial charge < -0.3 is 5.32 Å². The summed E-state index contributed by atoms with van der Waals surface area (Å²) in [7, 11) is 0. The Morgan fingerprint density at radius 2 is 1.60 bits per heavy atom. The van der Waals surface area contributed by atoms with E-state index in [-0.39, 0.29) is 5.92 Å². The summed E-state index contributed by atoms with van der Waals surface area (Å²) in [6, 6.07) is 12.0. The largest absolute Gasteiger partial charge is 0.312 e. The lowest BCUT2D eigenvalue weighted by Crippen LogP contribution is -2.20. The van der Waals surface area contributed by atoms with Gasteiger partial charge >= 0.3 is 0 Å². The van der Waals surface area contributed by atoms with Crippen LogP contribution in [0.4, 0.5) is 13.2 Å². The highest BCUT2D eigenvalue weighted by molar-refractivity contribution is 5.20. The van der Waals surface area contributed by atoms with E-state index in [1.54, 1.807) is 0 Å². The predicted octanol–water partition coefficient (Wildman–Crippen LogP) is 4.00. The molecule has 2 rings (SSSR count). The third-order valence-corrected chi connectivity index (χ3v) is 3.19. The molecule has 4 heteroatoms. The van der Waals surface area contributed by atoms with Gasteiger partial charge in [0.2, 0.25) is 0 Å². The van der Waals surface area contributed by atoms with E-state index >= 15 is 0 Å². The Labute approximate surface area is 116 Å². The molecule has 0 heterocycles. The summed E-state index contributed by atoms with van der Waals surface area (Å²) in [5.74, 6) is -3.45. The van der Waals surface area contributed by atoms with Gasteiger partial charge in [-0.1, -0.05) is 37.3 Å². The zero-order valence-corrected chi connectivity index (χ0v) is 11.2. The smallest absolute Gasteiger partial charge is 0.194 e. The normalized spacial score (nSPS) is 12.4. The van der Waals surface area contributed by atoms with Crippen molar-refractivity contribution in [2.45, 2.75) is 19.4 Å². The third-order valence-electron chi connectivity index (χ3n) is 3.19. The first-order chi connectivity index (χ1) is 9.58. The van der Waals surface area contributed by atoms with Crippen LogP contribution < -0.4 is 5.32 Å². The van der Waals surface area contributed by atoms with Crippen molar-refractivity contribution in [2.75, 3.05) is 6.54 Å². The Morgan fingerprint density at radius 1 is 1.00 bits per heavy atom. The summed E-state index contributed by atoms with van der Waals surface area (Å²) in [6.45, 7) is 3.03. The fourth-order valence-corrected chi connectivity index (χ4v) is 2.04. The van der Waals surface area contributed by atoms with E-state index in [1.807, 2.05) is 30.3 Å². The van der Waals surface area contributed by atoms with Crippen LogP contribution in [-0.2, 0) is 6.54 Å². The van der Waals surface area contributed by atoms with Crippen molar-refractivity contribution in [2.24, 2.45) is 0 Å². The Hall–Kier alpha value is -1.81. The van der Waals surface area contributed by atoms with Crippen LogP contribution in [-0.4, -0.2) is 6.54 Å². The zero-order valence-electron chi connectivity index (χ0n) is 11.2. The van der Waals surface area contributed by atoms with Crippen molar-refractivity contribution < 1.29 is 13.2 Å². The Kier molecular flexibility index (Phi) is 4.79. The summed E-state index contributed by atoms with van der Waals surface area (Å²) in [5, 5.41) is 3.12. The highest BCUT2D eigenvalue weighted by Crippen LogP contribution is 2.15. The predicted molar refractivity (Wildman–Crippen MR) is 72.9 cm³/mol. The molecule has 0 aliphatic heterocycles. The highest BCUT2D eigenvalue weighted by Gasteiger charge is 2.10. The number of hydrogen-bond acceptors (Lipinski definition) is 1. The average Bonchev–Trinajstić information content (AvgIpc) is 2.45. The molecule has 1 atom stereocenters. The number of rotatable bonds is 5. The number of benzene rings is 2. The van der Waals surface area contributed by atoms with Crippen LogP contribution in [0.2, 0.25) is 0 Å². The van der Waals surface area contributed by atoms with Crippen LogP contribution in [0.1, 0.15) is 24.0 Å². The molecule has 0 aliphatic rings. The molecule has 0 aromatic heterocycles. The molecule has 2 aromatic rings. The molecule has 2 aromatic carbocycles. The first-order valence-electron chi connectivity index (χ1n) is 6.47. The summed E-state index contributed by atoms with van der Waals surface area (Å²) in [5.41, 5.74) is 1.58. The molecule has 1 N–H and O–H groups in total. The summed E-state index contributed by atoms with van der Waals surface area (Å²) in [6.07, 6.45) is 0. The van der Waals surface area contributed by atoms with E-state index < -0.39 is 17.5 Å². The van der Waals surface area contributed by atoms with Crippen LogP contribution in [0.5, 0.6) is 0 Å². The molecule has 0 bridgehead atoms. The van der Waals surface area contributed by atoms with E-state index in [0.29, 0.717) is 18.7 Å². The van der Waals surface area contributed by atoms with Crippen molar-refractivity contribution in [3.8, 4) is 0 Å². The summed E-state index contributed by atoms with van der Waals surface area (Å²) >= 11 is 0. The fourth-order valence-electron chi connectivity index (χ4n) is 2.04. The average molecular weight is 279 g/mol. The molecule has 0 spiro atoms. The van der Waals surface area contributed by atoms with Gasteiger partial charge in [0.25, 0.3) is 0 Å². The van der Waals surface area contributed by atoms with Crippen molar-refractivity contribution in [1.82, 2.24) is 5.32 Å². The fraction of sp³-hybridized carbons (Fsp3) is 0.250. The van der Waals surface area contributed by atoms with Gasteiger partial charge in [-0.3, -0.25) is 0 Å². The lowest BCUT2D eigenvalue weighted by Gasteiger charge is -2.13. The topological polar surface area (TPSA) is 12.0 Å². The highest BCUT2D eigenvalue weighted by atomic mass is 19.2. The molecule has 0 saturated carbocycles. The number of hydrogen-bond donors (Lipinski definition) is 1. The second-order valence-electron chi connectivity index (χ2n) is 4.82. The second-order valence-corrected chi connectivity index (χ2v) is 4.82. The van der Waals surface area contributed by atoms with Gasteiger partial charge in [-0.25, -0.2) is 13.2 Å². The summed E-state index contributed by atoms with van der Waals surface area (Å²) in [4.78, 5) is 0. The van der Waals surface area contributed by atoms with Crippen molar-refractivity contribution in [1.29, 1.82) is 0 Å². The van der Waals surface area contributed by atoms with E-state index in [0.717, 1.165) is 12.1 Å².